The van der Waals surface area contributed by atoms with E-state index >= 15 is 0 Å². The first kappa shape index (κ1) is 21.0. The van der Waals surface area contributed by atoms with Crippen LogP contribution >= 0.6 is 0 Å². The number of aliphatic hydroxyl groups is 1. The van der Waals surface area contributed by atoms with Crippen LogP contribution in [0.4, 0.5) is 0 Å². The standard InChI is InChI=1S/C25H27N3O3/c1-27(13-14-29)25(31)21-16-23(26-22-10-6-5-9-20(21)22)19-11-12-28(17-19)24(30)15-18-7-3-2-4-8-18/h2-10,16,19,29H,11-15,17H2,1H3/t19-/m1/s1. The Morgan fingerprint density at radius 1 is 1.13 bits per heavy atom. The van der Waals surface area contributed by atoms with Gasteiger partial charge in [-0.1, -0.05) is 48.5 Å². The Morgan fingerprint density at radius 3 is 2.65 bits per heavy atom. The molecule has 4 rings (SSSR count). The lowest BCUT2D eigenvalue weighted by Gasteiger charge is -2.19. The zero-order chi connectivity index (χ0) is 21.8. The highest BCUT2D eigenvalue weighted by molar-refractivity contribution is 6.06. The number of aromatic nitrogens is 1. The van der Waals surface area contributed by atoms with Crippen molar-refractivity contribution in [2.45, 2.75) is 18.8 Å². The number of nitrogens with zero attached hydrogens (tertiary/aromatic N) is 3. The Bertz CT molecular complexity index is 1080. The van der Waals surface area contributed by atoms with Gasteiger partial charge in [0.25, 0.3) is 5.91 Å². The molecule has 2 heterocycles. The number of para-hydroxylation sites is 1. The lowest BCUT2D eigenvalue weighted by atomic mass is 9.99. The van der Waals surface area contributed by atoms with Crippen molar-refractivity contribution >= 4 is 22.7 Å². The summed E-state index contributed by atoms with van der Waals surface area (Å²) in [6.07, 6.45) is 1.22. The van der Waals surface area contributed by atoms with E-state index in [1.165, 1.54) is 4.90 Å². The van der Waals surface area contributed by atoms with E-state index in [1.807, 2.05) is 65.6 Å². The van der Waals surface area contributed by atoms with Gasteiger partial charge in [-0.3, -0.25) is 14.6 Å². The smallest absolute Gasteiger partial charge is 0.254 e. The number of hydrogen-bond acceptors (Lipinski definition) is 4. The zero-order valence-electron chi connectivity index (χ0n) is 17.7. The topological polar surface area (TPSA) is 73.7 Å². The molecule has 1 fully saturated rings. The molecule has 0 radical (unpaired) electrons. The van der Waals surface area contributed by atoms with Crippen LogP contribution in [0.2, 0.25) is 0 Å². The molecule has 160 valence electrons. The molecule has 1 N–H and O–H groups in total. The van der Waals surface area contributed by atoms with Crippen LogP contribution in [-0.4, -0.2) is 65.0 Å². The molecule has 1 saturated heterocycles. The summed E-state index contributed by atoms with van der Waals surface area (Å²) < 4.78 is 0. The average Bonchev–Trinajstić information content (AvgIpc) is 3.29. The summed E-state index contributed by atoms with van der Waals surface area (Å²) in [6, 6.07) is 19.3. The number of benzene rings is 2. The van der Waals surface area contributed by atoms with E-state index in [0.717, 1.165) is 28.6 Å². The molecule has 0 spiro atoms. The summed E-state index contributed by atoms with van der Waals surface area (Å²) in [6.45, 7) is 1.49. The molecule has 6 heteroatoms. The van der Waals surface area contributed by atoms with Crippen molar-refractivity contribution in [1.82, 2.24) is 14.8 Å². The highest BCUT2D eigenvalue weighted by Crippen LogP contribution is 2.30. The van der Waals surface area contributed by atoms with Crippen molar-refractivity contribution in [1.29, 1.82) is 0 Å². The van der Waals surface area contributed by atoms with Crippen LogP contribution in [0.3, 0.4) is 0 Å². The first-order valence-corrected chi connectivity index (χ1v) is 10.6. The quantitative estimate of drug-likeness (QED) is 0.669. The minimum atomic E-state index is -0.135. The predicted octanol–water partition coefficient (Wildman–Crippen LogP) is 2.86. The normalized spacial score (nSPS) is 15.9. The maximum Gasteiger partial charge on any atom is 0.254 e. The lowest BCUT2D eigenvalue weighted by Crippen LogP contribution is -2.30. The van der Waals surface area contributed by atoms with Gasteiger partial charge in [-0.05, 0) is 24.1 Å². The average molecular weight is 418 g/mol. The van der Waals surface area contributed by atoms with E-state index < -0.39 is 0 Å². The lowest BCUT2D eigenvalue weighted by molar-refractivity contribution is -0.129. The molecule has 1 aliphatic rings. The molecule has 6 nitrogen and oxygen atoms in total. The van der Waals surface area contributed by atoms with Gasteiger partial charge in [0.2, 0.25) is 5.91 Å². The third-order valence-electron chi connectivity index (χ3n) is 5.91. The monoisotopic (exact) mass is 417 g/mol. The Kier molecular flexibility index (Phi) is 6.28. The van der Waals surface area contributed by atoms with Gasteiger partial charge in [0.1, 0.15) is 0 Å². The molecule has 1 aliphatic heterocycles. The summed E-state index contributed by atoms with van der Waals surface area (Å²) in [5.74, 6) is 0.0800. The number of pyridine rings is 1. The van der Waals surface area contributed by atoms with Crippen LogP contribution in [0.1, 0.15) is 34.0 Å². The molecule has 0 saturated carbocycles. The van der Waals surface area contributed by atoms with Crippen molar-refractivity contribution in [3.63, 3.8) is 0 Å². The molecular weight excluding hydrogens is 390 g/mol. The van der Waals surface area contributed by atoms with Crippen LogP contribution in [0.15, 0.2) is 60.7 Å². The second kappa shape index (κ2) is 9.27. The number of likely N-dealkylation sites (N-methyl/N-ethyl adjacent to an activating group) is 1. The first-order valence-electron chi connectivity index (χ1n) is 10.6. The predicted molar refractivity (Wildman–Crippen MR) is 120 cm³/mol. The third-order valence-corrected chi connectivity index (χ3v) is 5.91. The van der Waals surface area contributed by atoms with Crippen LogP contribution < -0.4 is 0 Å². The first-order chi connectivity index (χ1) is 15.1. The summed E-state index contributed by atoms with van der Waals surface area (Å²) in [4.78, 5) is 34.0. The fraction of sp³-hybridized carbons (Fsp3) is 0.320. The maximum absolute atomic E-state index is 13.0. The number of fused-ring (bicyclic) bond motifs is 1. The molecular formula is C25H27N3O3. The SMILES string of the molecule is CN(CCO)C(=O)c1cc([C@@H]2CCN(C(=O)Cc3ccccc3)C2)nc2ccccc12. The summed E-state index contributed by atoms with van der Waals surface area (Å²) in [7, 11) is 1.69. The largest absolute Gasteiger partial charge is 0.395 e. The van der Waals surface area contributed by atoms with Crippen molar-refractivity contribution in [3.8, 4) is 0 Å². The number of likely N-dealkylation sites (tertiary alicyclic amines) is 1. The van der Waals surface area contributed by atoms with E-state index in [2.05, 4.69) is 0 Å². The Labute approximate surface area is 182 Å². The summed E-state index contributed by atoms with van der Waals surface area (Å²) in [5, 5.41) is 10.0. The zero-order valence-corrected chi connectivity index (χ0v) is 17.7. The molecule has 0 aliphatic carbocycles. The van der Waals surface area contributed by atoms with Crippen LogP contribution in [0.5, 0.6) is 0 Å². The fourth-order valence-corrected chi connectivity index (χ4v) is 4.15. The molecule has 1 aromatic heterocycles. The molecule has 0 bridgehead atoms. The molecule has 1 atom stereocenters. The fourth-order valence-electron chi connectivity index (χ4n) is 4.15. The van der Waals surface area contributed by atoms with Gasteiger partial charge in [-0.2, -0.15) is 0 Å². The van der Waals surface area contributed by atoms with E-state index in [0.29, 0.717) is 25.1 Å². The number of hydrogen-bond donors (Lipinski definition) is 1. The maximum atomic E-state index is 13.0. The van der Waals surface area contributed by atoms with Crippen LogP contribution in [0.25, 0.3) is 10.9 Å². The van der Waals surface area contributed by atoms with Gasteiger partial charge < -0.3 is 14.9 Å². The van der Waals surface area contributed by atoms with Gasteiger partial charge in [-0.25, -0.2) is 0 Å². The van der Waals surface area contributed by atoms with Crippen LogP contribution in [-0.2, 0) is 11.2 Å². The third kappa shape index (κ3) is 4.59. The Balaban J connectivity index is 1.57. The van der Waals surface area contributed by atoms with E-state index in [-0.39, 0.29) is 30.9 Å². The summed E-state index contributed by atoms with van der Waals surface area (Å²) >= 11 is 0. The van der Waals surface area contributed by atoms with E-state index in [4.69, 9.17) is 4.98 Å². The van der Waals surface area contributed by atoms with Crippen molar-refractivity contribution < 1.29 is 14.7 Å². The molecule has 3 aromatic rings. The van der Waals surface area contributed by atoms with Gasteiger partial charge >= 0.3 is 0 Å². The number of carbonyl (C=O) groups is 2. The van der Waals surface area contributed by atoms with E-state index in [9.17, 15) is 14.7 Å². The molecule has 2 amide bonds. The van der Waals surface area contributed by atoms with Gasteiger partial charge in [0, 0.05) is 43.7 Å². The minimum Gasteiger partial charge on any atom is -0.395 e. The number of carbonyl (C=O) groups excluding carboxylic acids is 2. The minimum absolute atomic E-state index is 0.0841. The second-order valence-corrected chi connectivity index (χ2v) is 8.05. The highest BCUT2D eigenvalue weighted by atomic mass is 16.3. The number of aliphatic hydroxyl groups excluding tert-OH is 1. The highest BCUT2D eigenvalue weighted by Gasteiger charge is 2.29. The second-order valence-electron chi connectivity index (χ2n) is 8.05. The van der Waals surface area contributed by atoms with Gasteiger partial charge in [-0.15, -0.1) is 0 Å². The summed E-state index contributed by atoms with van der Waals surface area (Å²) in [5.41, 5.74) is 3.22. The number of amides is 2. The van der Waals surface area contributed by atoms with Crippen LogP contribution in [0, 0.1) is 0 Å². The van der Waals surface area contributed by atoms with Crippen molar-refractivity contribution in [2.24, 2.45) is 0 Å². The molecule has 2 aromatic carbocycles. The van der Waals surface area contributed by atoms with Crippen molar-refractivity contribution in [2.75, 3.05) is 33.3 Å². The van der Waals surface area contributed by atoms with E-state index in [1.54, 1.807) is 7.05 Å². The Morgan fingerprint density at radius 2 is 1.87 bits per heavy atom. The van der Waals surface area contributed by atoms with Gasteiger partial charge in [0.05, 0.1) is 24.1 Å². The molecule has 0 unspecified atom stereocenters. The molecule has 31 heavy (non-hydrogen) atoms. The Hall–Kier alpha value is -3.25. The van der Waals surface area contributed by atoms with Crippen molar-refractivity contribution in [3.05, 3.63) is 77.5 Å². The number of rotatable bonds is 6. The van der Waals surface area contributed by atoms with Gasteiger partial charge in [0.15, 0.2) is 0 Å².